The molecule has 1 saturated heterocycles. The zero-order valence-electron chi connectivity index (χ0n) is 24.0. The molecule has 11 heteroatoms. The van der Waals surface area contributed by atoms with Gasteiger partial charge in [0.2, 0.25) is 0 Å². The van der Waals surface area contributed by atoms with E-state index in [9.17, 15) is 22.8 Å². The number of fused-ring (bicyclic) bond motifs is 1. The smallest absolute Gasteiger partial charge is 0.314 e. The Kier molecular flexibility index (Phi) is 15.9. The number of nitrogens with zero attached hydrogens (tertiary/aromatic N) is 2. The number of pyridine rings is 1. The lowest BCUT2D eigenvalue weighted by Gasteiger charge is -2.09. The Morgan fingerprint density at radius 1 is 0.925 bits per heavy atom. The first kappa shape index (κ1) is 34.3. The van der Waals surface area contributed by atoms with Crippen molar-refractivity contribution in [2.24, 2.45) is 11.5 Å². The Bertz CT molecular complexity index is 1180. The van der Waals surface area contributed by atoms with Crippen LogP contribution in [0.2, 0.25) is 0 Å². The Morgan fingerprint density at radius 2 is 1.48 bits per heavy atom. The van der Waals surface area contributed by atoms with E-state index in [1.807, 2.05) is 13.8 Å². The van der Waals surface area contributed by atoms with Gasteiger partial charge in [-0.1, -0.05) is 52.4 Å². The molecule has 2 fully saturated rings. The number of primary amides is 2. The fourth-order valence-electron chi connectivity index (χ4n) is 4.35. The summed E-state index contributed by atoms with van der Waals surface area (Å²) in [5, 5.41) is 3.14. The van der Waals surface area contributed by atoms with E-state index in [-0.39, 0.29) is 22.8 Å². The number of anilines is 1. The molecule has 1 saturated carbocycles. The van der Waals surface area contributed by atoms with Crippen LogP contribution in [-0.2, 0) is 0 Å². The van der Waals surface area contributed by atoms with E-state index in [2.05, 4.69) is 15.3 Å². The minimum atomic E-state index is -0.716. The highest BCUT2D eigenvalue weighted by Crippen LogP contribution is 2.32. The zero-order chi connectivity index (χ0) is 30.1. The molecule has 5 rings (SSSR count). The van der Waals surface area contributed by atoms with E-state index in [0.717, 1.165) is 32.0 Å². The van der Waals surface area contributed by atoms with Gasteiger partial charge in [-0.15, -0.1) is 0 Å². The number of rotatable bonds is 3. The number of aromatic amines is 1. The van der Waals surface area contributed by atoms with Crippen molar-refractivity contribution < 1.29 is 22.8 Å². The molecule has 1 aromatic carbocycles. The maximum atomic E-state index is 13.8. The number of halogens is 3. The van der Waals surface area contributed by atoms with Crippen molar-refractivity contribution in [1.82, 2.24) is 14.9 Å². The first-order chi connectivity index (χ1) is 19.3. The highest BCUT2D eigenvalue weighted by molar-refractivity contribution is 6.04. The van der Waals surface area contributed by atoms with Gasteiger partial charge in [0.05, 0.1) is 24.0 Å². The van der Waals surface area contributed by atoms with Crippen molar-refractivity contribution in [2.75, 3.05) is 32.6 Å². The Morgan fingerprint density at radius 3 is 1.93 bits per heavy atom. The first-order valence-corrected chi connectivity index (χ1v) is 13.7. The number of likely N-dealkylation sites (tertiary alicyclic amines) is 1. The lowest BCUT2D eigenvalue weighted by atomic mass is 10.0. The minimum absolute atomic E-state index is 0.142. The molecule has 6 N–H and O–H groups in total. The molecular weight excluding hydrogens is 521 g/mol. The van der Waals surface area contributed by atoms with Crippen LogP contribution in [0.1, 0.15) is 75.6 Å². The molecule has 1 aliphatic heterocycles. The highest BCUT2D eigenvalue weighted by atomic mass is 19.1. The van der Waals surface area contributed by atoms with Gasteiger partial charge in [-0.05, 0) is 31.0 Å². The molecule has 0 unspecified atom stereocenters. The summed E-state index contributed by atoms with van der Waals surface area (Å²) in [6.07, 6.45) is 12.7. The molecule has 3 heterocycles. The van der Waals surface area contributed by atoms with Crippen LogP contribution in [0.15, 0.2) is 30.5 Å². The largest absolute Gasteiger partial charge is 0.373 e. The van der Waals surface area contributed by atoms with Gasteiger partial charge >= 0.3 is 6.03 Å². The topological polar surface area (TPSA) is 130 Å². The van der Waals surface area contributed by atoms with Gasteiger partial charge < -0.3 is 26.7 Å². The third-order valence-electron chi connectivity index (χ3n) is 6.30. The van der Waals surface area contributed by atoms with E-state index in [0.29, 0.717) is 23.9 Å². The van der Waals surface area contributed by atoms with E-state index >= 15 is 0 Å². The van der Waals surface area contributed by atoms with E-state index in [1.165, 1.54) is 56.9 Å². The fraction of sp³-hybridized carbons (Fsp3) is 0.483. The standard InChI is InChI=1S/C15H12F2N4O.C6H12.C5H10N2O.C2H6.CH3F/c1-19-12-3-2-8(15(18)22)13(21-12)10-6-20-14-9(10)4-7(16)5-11(14)17;1-2-4-6-5-3-1;6-5(8)7-3-1-2-4-7;2*1-2/h2-6,20H,1H3,(H2,18,22)(H,19,21);1-6H2;1-4H2,(H2,6,8);1-2H3;1H3. The number of hydrogen-bond donors (Lipinski definition) is 4. The van der Waals surface area contributed by atoms with Crippen LogP contribution in [0.25, 0.3) is 22.2 Å². The third kappa shape index (κ3) is 10.1. The number of H-pyrrole nitrogens is 1. The summed E-state index contributed by atoms with van der Waals surface area (Å²) >= 11 is 0. The maximum absolute atomic E-state index is 13.8. The Balaban J connectivity index is 0.000000362. The Hall–Kier alpha value is -3.76. The van der Waals surface area contributed by atoms with Crippen LogP contribution in [0.4, 0.5) is 23.8 Å². The number of alkyl halides is 1. The van der Waals surface area contributed by atoms with Crippen LogP contribution in [0, 0.1) is 11.6 Å². The van der Waals surface area contributed by atoms with Crippen molar-refractivity contribution in [3.63, 3.8) is 0 Å². The zero-order valence-corrected chi connectivity index (χ0v) is 24.0. The number of nitrogens with two attached hydrogens (primary N) is 2. The molecule has 0 spiro atoms. The van der Waals surface area contributed by atoms with E-state index < -0.39 is 17.5 Å². The van der Waals surface area contributed by atoms with Crippen molar-refractivity contribution in [3.05, 3.63) is 47.7 Å². The van der Waals surface area contributed by atoms with Crippen LogP contribution in [0.5, 0.6) is 0 Å². The number of benzene rings is 1. The van der Waals surface area contributed by atoms with Gasteiger partial charge in [-0.2, -0.15) is 0 Å². The van der Waals surface area contributed by atoms with Crippen molar-refractivity contribution in [1.29, 1.82) is 0 Å². The number of aromatic nitrogens is 2. The average molecular weight is 565 g/mol. The van der Waals surface area contributed by atoms with Crippen molar-refractivity contribution in [2.45, 2.75) is 65.2 Å². The molecule has 2 aromatic heterocycles. The number of urea groups is 1. The number of carbonyl (C=O) groups excluding carboxylic acids is 2. The predicted molar refractivity (Wildman–Crippen MR) is 156 cm³/mol. The fourth-order valence-corrected chi connectivity index (χ4v) is 4.35. The van der Waals surface area contributed by atoms with Crippen molar-refractivity contribution >= 4 is 28.7 Å². The Labute approximate surface area is 234 Å². The third-order valence-corrected chi connectivity index (χ3v) is 6.30. The van der Waals surface area contributed by atoms with Gasteiger partial charge in [0.1, 0.15) is 17.5 Å². The van der Waals surface area contributed by atoms with Crippen LogP contribution < -0.4 is 16.8 Å². The van der Waals surface area contributed by atoms with Crippen LogP contribution >= 0.6 is 0 Å². The van der Waals surface area contributed by atoms with Crippen LogP contribution in [-0.4, -0.2) is 54.1 Å². The summed E-state index contributed by atoms with van der Waals surface area (Å²) in [5.41, 5.74) is 11.3. The predicted octanol–water partition coefficient (Wildman–Crippen LogP) is 6.76. The highest BCUT2D eigenvalue weighted by Gasteiger charge is 2.18. The molecule has 0 radical (unpaired) electrons. The maximum Gasteiger partial charge on any atom is 0.314 e. The summed E-state index contributed by atoms with van der Waals surface area (Å²) in [5.74, 6) is -1.59. The van der Waals surface area contributed by atoms with Gasteiger partial charge in [-0.3, -0.25) is 9.18 Å². The lowest BCUT2D eigenvalue weighted by Crippen LogP contribution is -2.32. The monoisotopic (exact) mass is 564 g/mol. The van der Waals surface area contributed by atoms with Crippen LogP contribution in [0.3, 0.4) is 0 Å². The molecule has 1 aliphatic carbocycles. The summed E-state index contributed by atoms with van der Waals surface area (Å²) in [7, 11) is 2.17. The SMILES string of the molecule is C1CCCCC1.CC.CF.CNc1ccc(C(N)=O)c(-c2c[nH]c3c(F)cc(F)cc23)n1.NC(=O)N1CCCC1. The number of amides is 3. The van der Waals surface area contributed by atoms with E-state index in [1.54, 1.807) is 18.0 Å². The molecule has 40 heavy (non-hydrogen) atoms. The lowest BCUT2D eigenvalue weighted by molar-refractivity contribution is 0.100. The summed E-state index contributed by atoms with van der Waals surface area (Å²) in [6, 6.07) is 4.81. The molecule has 8 nitrogen and oxygen atoms in total. The molecule has 2 aliphatic rings. The molecular formula is C29H43F3N6O2. The van der Waals surface area contributed by atoms with Gasteiger partial charge in [0.25, 0.3) is 5.91 Å². The quantitative estimate of drug-likeness (QED) is 0.280. The van der Waals surface area contributed by atoms with Gasteiger partial charge in [-0.25, -0.2) is 18.6 Å². The number of hydrogen-bond acceptors (Lipinski definition) is 4. The second-order valence-electron chi connectivity index (χ2n) is 8.87. The summed E-state index contributed by atoms with van der Waals surface area (Å²) < 4.78 is 36.8. The molecule has 3 amide bonds. The molecule has 3 aromatic rings. The second kappa shape index (κ2) is 18.5. The van der Waals surface area contributed by atoms with Gasteiger partial charge in [0, 0.05) is 43.4 Å². The summed E-state index contributed by atoms with van der Waals surface area (Å²) in [4.78, 5) is 30.6. The molecule has 0 atom stereocenters. The second-order valence-corrected chi connectivity index (χ2v) is 8.87. The normalized spacial score (nSPS) is 13.7. The minimum Gasteiger partial charge on any atom is -0.373 e. The molecule has 0 bridgehead atoms. The van der Waals surface area contributed by atoms with Crippen molar-refractivity contribution in [3.8, 4) is 11.3 Å². The summed E-state index contributed by atoms with van der Waals surface area (Å²) in [6.45, 7) is 5.71. The average Bonchev–Trinajstić information content (AvgIpc) is 3.68. The van der Waals surface area contributed by atoms with E-state index in [4.69, 9.17) is 11.5 Å². The first-order valence-electron chi connectivity index (χ1n) is 13.7. The number of nitrogens with one attached hydrogen (secondary N) is 2. The molecule has 222 valence electrons. The van der Waals surface area contributed by atoms with Gasteiger partial charge in [0.15, 0.2) is 0 Å². The number of carbonyl (C=O) groups is 2.